The quantitative estimate of drug-likeness (QED) is 0.688. The molecule has 0 amide bonds. The molecule has 0 atom stereocenters. The predicted molar refractivity (Wildman–Crippen MR) is 73.1 cm³/mol. The number of rotatable bonds is 6. The fourth-order valence-corrected chi connectivity index (χ4v) is 1.88. The lowest BCUT2D eigenvalue weighted by Crippen LogP contribution is -2.36. The summed E-state index contributed by atoms with van der Waals surface area (Å²) in [5.74, 6) is -1.88. The standard InChI is InChI=1S/C12H12Cl2N2O4/c1-5(17)3-15-9-7(13)12(20)10(8(14)11(9)19)16-4-6(2)18/h15-16H,3-4H2,1-2H3. The summed E-state index contributed by atoms with van der Waals surface area (Å²) in [6.45, 7) is 2.33. The monoisotopic (exact) mass is 318 g/mol. The Hall–Kier alpha value is -1.66. The van der Waals surface area contributed by atoms with Gasteiger partial charge in [-0.15, -0.1) is 0 Å². The summed E-state index contributed by atoms with van der Waals surface area (Å²) in [5.41, 5.74) is -0.435. The van der Waals surface area contributed by atoms with Crippen molar-refractivity contribution in [3.8, 4) is 0 Å². The first-order valence-corrected chi connectivity index (χ1v) is 6.36. The van der Waals surface area contributed by atoms with E-state index in [1.807, 2.05) is 0 Å². The molecule has 0 bridgehead atoms. The lowest BCUT2D eigenvalue weighted by molar-refractivity contribution is -0.118. The maximum absolute atomic E-state index is 12.0. The number of carbonyl (C=O) groups is 4. The minimum absolute atomic E-state index is 0.148. The van der Waals surface area contributed by atoms with E-state index in [0.717, 1.165) is 0 Å². The van der Waals surface area contributed by atoms with E-state index in [4.69, 9.17) is 23.2 Å². The van der Waals surface area contributed by atoms with Gasteiger partial charge in [0.05, 0.1) is 13.1 Å². The van der Waals surface area contributed by atoms with Crippen LogP contribution in [0, 0.1) is 0 Å². The lowest BCUT2D eigenvalue weighted by Gasteiger charge is -2.19. The average molecular weight is 319 g/mol. The van der Waals surface area contributed by atoms with Crippen LogP contribution in [0.2, 0.25) is 0 Å². The van der Waals surface area contributed by atoms with E-state index in [1.165, 1.54) is 13.8 Å². The number of hydrogen-bond donors (Lipinski definition) is 2. The van der Waals surface area contributed by atoms with Gasteiger partial charge in [-0.2, -0.15) is 0 Å². The van der Waals surface area contributed by atoms with E-state index < -0.39 is 11.6 Å². The Balaban J connectivity index is 3.01. The number of halogens is 2. The zero-order chi connectivity index (χ0) is 15.4. The number of allylic oxidation sites excluding steroid dienone is 2. The van der Waals surface area contributed by atoms with Gasteiger partial charge in [0.1, 0.15) is 33.0 Å². The average Bonchev–Trinajstić information content (AvgIpc) is 2.35. The van der Waals surface area contributed by atoms with E-state index in [-0.39, 0.29) is 46.1 Å². The molecular formula is C12H12Cl2N2O4. The molecule has 1 aliphatic carbocycles. The summed E-state index contributed by atoms with van der Waals surface area (Å²) < 4.78 is 0. The Bertz CT molecular complexity index is 514. The van der Waals surface area contributed by atoms with Crippen molar-refractivity contribution >= 4 is 46.3 Å². The van der Waals surface area contributed by atoms with Crippen LogP contribution in [0.4, 0.5) is 0 Å². The van der Waals surface area contributed by atoms with E-state index in [1.54, 1.807) is 0 Å². The summed E-state index contributed by atoms with van der Waals surface area (Å²) in [6, 6.07) is 0. The first-order chi connectivity index (χ1) is 9.25. The number of ketones is 4. The summed E-state index contributed by atoms with van der Waals surface area (Å²) in [6.07, 6.45) is 0. The van der Waals surface area contributed by atoms with Crippen LogP contribution in [0.5, 0.6) is 0 Å². The van der Waals surface area contributed by atoms with Gasteiger partial charge in [-0.1, -0.05) is 23.2 Å². The molecule has 0 aromatic heterocycles. The Morgan fingerprint density at radius 3 is 1.40 bits per heavy atom. The Kier molecular flexibility index (Phi) is 5.47. The Morgan fingerprint density at radius 2 is 1.15 bits per heavy atom. The van der Waals surface area contributed by atoms with Crippen molar-refractivity contribution in [1.82, 2.24) is 10.6 Å². The molecule has 0 fully saturated rings. The molecule has 108 valence electrons. The highest BCUT2D eigenvalue weighted by molar-refractivity contribution is 6.56. The Labute approximate surface area is 125 Å². The van der Waals surface area contributed by atoms with Crippen LogP contribution in [0.15, 0.2) is 21.5 Å². The second-order valence-corrected chi connectivity index (χ2v) is 4.90. The third kappa shape index (κ3) is 3.68. The molecule has 0 aliphatic heterocycles. The van der Waals surface area contributed by atoms with Gasteiger partial charge >= 0.3 is 0 Å². The van der Waals surface area contributed by atoms with Crippen LogP contribution < -0.4 is 10.6 Å². The van der Waals surface area contributed by atoms with Crippen molar-refractivity contribution in [2.75, 3.05) is 13.1 Å². The number of carbonyl (C=O) groups excluding carboxylic acids is 4. The molecule has 0 saturated carbocycles. The van der Waals surface area contributed by atoms with Gasteiger partial charge in [0, 0.05) is 0 Å². The third-order valence-electron chi connectivity index (χ3n) is 2.32. The third-order valence-corrected chi connectivity index (χ3v) is 3.04. The molecular weight excluding hydrogens is 307 g/mol. The minimum atomic E-state index is -0.705. The highest BCUT2D eigenvalue weighted by Crippen LogP contribution is 2.26. The predicted octanol–water partition coefficient (Wildman–Crippen LogP) is 0.396. The highest BCUT2D eigenvalue weighted by Gasteiger charge is 2.33. The molecule has 0 saturated heterocycles. The second-order valence-electron chi connectivity index (χ2n) is 4.15. The van der Waals surface area contributed by atoms with Crippen molar-refractivity contribution in [3.63, 3.8) is 0 Å². The van der Waals surface area contributed by atoms with Crippen LogP contribution in [-0.2, 0) is 19.2 Å². The van der Waals surface area contributed by atoms with Crippen LogP contribution in [-0.4, -0.2) is 36.2 Å². The zero-order valence-electron chi connectivity index (χ0n) is 10.8. The highest BCUT2D eigenvalue weighted by atomic mass is 35.5. The van der Waals surface area contributed by atoms with Gasteiger partial charge in [0.2, 0.25) is 11.6 Å². The van der Waals surface area contributed by atoms with E-state index in [0.29, 0.717) is 0 Å². The molecule has 0 unspecified atom stereocenters. The summed E-state index contributed by atoms with van der Waals surface area (Å²) in [4.78, 5) is 45.7. The molecule has 0 heterocycles. The molecule has 20 heavy (non-hydrogen) atoms. The fraction of sp³-hybridized carbons (Fsp3) is 0.333. The molecule has 8 heteroatoms. The van der Waals surface area contributed by atoms with Crippen LogP contribution >= 0.6 is 23.2 Å². The molecule has 1 aliphatic rings. The number of hydrogen-bond acceptors (Lipinski definition) is 6. The first-order valence-electron chi connectivity index (χ1n) is 5.61. The Morgan fingerprint density at radius 1 is 0.850 bits per heavy atom. The van der Waals surface area contributed by atoms with Crippen molar-refractivity contribution in [2.45, 2.75) is 13.8 Å². The smallest absolute Gasteiger partial charge is 0.224 e. The molecule has 2 N–H and O–H groups in total. The van der Waals surface area contributed by atoms with Crippen molar-refractivity contribution in [2.24, 2.45) is 0 Å². The molecule has 6 nitrogen and oxygen atoms in total. The van der Waals surface area contributed by atoms with E-state index in [2.05, 4.69) is 10.6 Å². The fourth-order valence-electron chi connectivity index (χ4n) is 1.39. The minimum Gasteiger partial charge on any atom is -0.373 e. The largest absolute Gasteiger partial charge is 0.373 e. The van der Waals surface area contributed by atoms with Gasteiger partial charge in [0.15, 0.2) is 0 Å². The van der Waals surface area contributed by atoms with Gasteiger partial charge in [-0.3, -0.25) is 19.2 Å². The molecule has 0 radical (unpaired) electrons. The number of nitrogens with one attached hydrogen (secondary N) is 2. The molecule has 0 aromatic carbocycles. The van der Waals surface area contributed by atoms with E-state index in [9.17, 15) is 19.2 Å². The number of Topliss-reactive ketones (excluding diaryl/α,β-unsaturated/α-hetero) is 4. The van der Waals surface area contributed by atoms with Crippen molar-refractivity contribution < 1.29 is 19.2 Å². The van der Waals surface area contributed by atoms with E-state index >= 15 is 0 Å². The molecule has 0 spiro atoms. The van der Waals surface area contributed by atoms with Gasteiger partial charge in [-0.25, -0.2) is 0 Å². The van der Waals surface area contributed by atoms with Crippen LogP contribution in [0.1, 0.15) is 13.8 Å². The summed E-state index contributed by atoms with van der Waals surface area (Å²) in [5, 5.41) is 4.22. The zero-order valence-corrected chi connectivity index (χ0v) is 12.3. The molecule has 1 rings (SSSR count). The van der Waals surface area contributed by atoms with Gasteiger partial charge in [-0.05, 0) is 13.8 Å². The van der Waals surface area contributed by atoms with Crippen molar-refractivity contribution in [1.29, 1.82) is 0 Å². The summed E-state index contributed by atoms with van der Waals surface area (Å²) in [7, 11) is 0. The molecule has 0 aromatic rings. The van der Waals surface area contributed by atoms with Gasteiger partial charge < -0.3 is 10.6 Å². The van der Waals surface area contributed by atoms with Crippen molar-refractivity contribution in [3.05, 3.63) is 21.5 Å². The van der Waals surface area contributed by atoms with Gasteiger partial charge in [0.25, 0.3) is 0 Å². The SMILES string of the molecule is CC(=O)CNC1=C(Cl)C(=O)C(NCC(C)=O)=C(Cl)C1=O. The topological polar surface area (TPSA) is 92.3 Å². The second kappa shape index (κ2) is 6.67. The lowest BCUT2D eigenvalue weighted by atomic mass is 10.1. The maximum atomic E-state index is 12.0. The summed E-state index contributed by atoms with van der Waals surface area (Å²) >= 11 is 11.6. The van der Waals surface area contributed by atoms with Crippen LogP contribution in [0.3, 0.4) is 0 Å². The van der Waals surface area contributed by atoms with Crippen LogP contribution in [0.25, 0.3) is 0 Å². The maximum Gasteiger partial charge on any atom is 0.224 e. The normalized spacial score (nSPS) is 15.6. The first kappa shape index (κ1) is 16.4.